The van der Waals surface area contributed by atoms with Gasteiger partial charge < -0.3 is 0 Å². The van der Waals surface area contributed by atoms with Crippen LogP contribution in [0.15, 0.2) is 64.4 Å². The van der Waals surface area contributed by atoms with E-state index in [-0.39, 0.29) is 5.56 Å². The zero-order valence-corrected chi connectivity index (χ0v) is 12.2. The molecule has 21 heavy (non-hydrogen) atoms. The Kier molecular flexibility index (Phi) is 3.04. The van der Waals surface area contributed by atoms with Crippen LogP contribution in [0.5, 0.6) is 0 Å². The Morgan fingerprint density at radius 2 is 1.95 bits per heavy atom. The van der Waals surface area contributed by atoms with Crippen LogP contribution >= 0.6 is 11.8 Å². The first kappa shape index (κ1) is 12.7. The first-order chi connectivity index (χ1) is 10.3. The molecule has 4 heteroatoms. The zero-order valence-electron chi connectivity index (χ0n) is 11.4. The second-order valence-corrected chi connectivity index (χ2v) is 6.61. The molecule has 0 spiro atoms. The molecule has 0 amide bonds. The van der Waals surface area contributed by atoms with E-state index >= 15 is 0 Å². The average molecular weight is 294 g/mol. The highest BCUT2D eigenvalue weighted by Gasteiger charge is 2.22. The molecule has 1 aromatic heterocycles. The molecule has 0 saturated carbocycles. The van der Waals surface area contributed by atoms with Crippen LogP contribution in [0, 0.1) is 0 Å². The molecule has 1 unspecified atom stereocenters. The third-order valence-electron chi connectivity index (χ3n) is 3.85. The molecule has 3 nitrogen and oxygen atoms in total. The minimum atomic E-state index is 0.00431. The van der Waals surface area contributed by atoms with Crippen LogP contribution < -0.4 is 5.56 Å². The minimum absolute atomic E-state index is 0.00431. The summed E-state index contributed by atoms with van der Waals surface area (Å²) < 4.78 is 1.60. The lowest BCUT2D eigenvalue weighted by Crippen LogP contribution is -2.27. The van der Waals surface area contributed by atoms with Crippen molar-refractivity contribution in [2.24, 2.45) is 0 Å². The Labute approximate surface area is 126 Å². The number of thioether (sulfide) groups is 1. The van der Waals surface area contributed by atoms with Gasteiger partial charge in [-0.15, -0.1) is 11.8 Å². The first-order valence-electron chi connectivity index (χ1n) is 7.01. The monoisotopic (exact) mass is 294 g/mol. The predicted octanol–water partition coefficient (Wildman–Crippen LogP) is 3.11. The summed E-state index contributed by atoms with van der Waals surface area (Å²) in [7, 11) is 0. The Morgan fingerprint density at radius 1 is 1.14 bits per heavy atom. The zero-order chi connectivity index (χ0) is 14.2. The molecule has 0 bridgehead atoms. The molecular weight excluding hydrogens is 280 g/mol. The van der Waals surface area contributed by atoms with E-state index in [1.807, 2.05) is 36.0 Å². The largest absolute Gasteiger partial charge is 0.274 e. The van der Waals surface area contributed by atoms with Gasteiger partial charge in [-0.1, -0.05) is 36.4 Å². The number of hydrogen-bond donors (Lipinski definition) is 0. The van der Waals surface area contributed by atoms with Gasteiger partial charge in [-0.2, -0.15) is 5.10 Å². The fourth-order valence-corrected chi connectivity index (χ4v) is 4.10. The van der Waals surface area contributed by atoms with E-state index in [1.54, 1.807) is 10.9 Å². The summed E-state index contributed by atoms with van der Waals surface area (Å²) in [5, 5.41) is 6.35. The van der Waals surface area contributed by atoms with Gasteiger partial charge in [0.2, 0.25) is 0 Å². The molecule has 1 aliphatic heterocycles. The standard InChI is InChI=1S/C17H14N2OS/c20-17-15-7-3-1-6-13(15)10-18-19(17)11-14-9-12-5-2-4-8-16(12)21-14/h1-8,10,14H,9,11H2. The summed E-state index contributed by atoms with van der Waals surface area (Å²) in [6.45, 7) is 0.656. The highest BCUT2D eigenvalue weighted by molar-refractivity contribution is 8.00. The van der Waals surface area contributed by atoms with Gasteiger partial charge in [-0.3, -0.25) is 4.79 Å². The molecule has 104 valence electrons. The lowest BCUT2D eigenvalue weighted by molar-refractivity contribution is 0.568. The van der Waals surface area contributed by atoms with Gasteiger partial charge in [-0.25, -0.2) is 4.68 Å². The summed E-state index contributed by atoms with van der Waals surface area (Å²) in [6.07, 6.45) is 2.78. The van der Waals surface area contributed by atoms with Crippen molar-refractivity contribution in [3.05, 3.63) is 70.6 Å². The predicted molar refractivity (Wildman–Crippen MR) is 85.8 cm³/mol. The van der Waals surface area contributed by atoms with Crippen LogP contribution in [-0.4, -0.2) is 15.0 Å². The van der Waals surface area contributed by atoms with Gasteiger partial charge in [0.1, 0.15) is 0 Å². The van der Waals surface area contributed by atoms with Crippen molar-refractivity contribution in [3.63, 3.8) is 0 Å². The molecule has 0 N–H and O–H groups in total. The highest BCUT2D eigenvalue weighted by Crippen LogP contribution is 2.37. The average Bonchev–Trinajstić information content (AvgIpc) is 2.93. The van der Waals surface area contributed by atoms with Crippen molar-refractivity contribution in [1.29, 1.82) is 0 Å². The number of hydrogen-bond acceptors (Lipinski definition) is 3. The fraction of sp³-hybridized carbons (Fsp3) is 0.176. The summed E-state index contributed by atoms with van der Waals surface area (Å²) in [5.41, 5.74) is 1.38. The molecule has 0 saturated heterocycles. The van der Waals surface area contributed by atoms with E-state index in [0.717, 1.165) is 17.2 Å². The maximum atomic E-state index is 12.5. The quantitative estimate of drug-likeness (QED) is 0.728. The van der Waals surface area contributed by atoms with Crippen molar-refractivity contribution in [3.8, 4) is 0 Å². The molecule has 2 heterocycles. The number of benzene rings is 2. The molecule has 1 aliphatic rings. The number of rotatable bonds is 2. The van der Waals surface area contributed by atoms with Crippen molar-refractivity contribution in [1.82, 2.24) is 9.78 Å². The second kappa shape index (κ2) is 5.04. The molecule has 1 atom stereocenters. The van der Waals surface area contributed by atoms with Crippen LogP contribution in [0.25, 0.3) is 10.8 Å². The van der Waals surface area contributed by atoms with Crippen molar-refractivity contribution in [2.75, 3.05) is 0 Å². The minimum Gasteiger partial charge on any atom is -0.267 e. The maximum absolute atomic E-state index is 12.5. The van der Waals surface area contributed by atoms with Crippen molar-refractivity contribution in [2.45, 2.75) is 23.1 Å². The third kappa shape index (κ3) is 2.25. The normalized spacial score (nSPS) is 17.0. The van der Waals surface area contributed by atoms with E-state index in [0.29, 0.717) is 11.8 Å². The number of fused-ring (bicyclic) bond motifs is 2. The van der Waals surface area contributed by atoms with E-state index in [2.05, 4.69) is 29.4 Å². The van der Waals surface area contributed by atoms with Crippen LogP contribution in [0.3, 0.4) is 0 Å². The second-order valence-electron chi connectivity index (χ2n) is 5.27. The molecule has 0 radical (unpaired) electrons. The number of nitrogens with zero attached hydrogens (tertiary/aromatic N) is 2. The van der Waals surface area contributed by atoms with Gasteiger partial charge in [0.05, 0.1) is 18.1 Å². The first-order valence-corrected chi connectivity index (χ1v) is 7.89. The van der Waals surface area contributed by atoms with E-state index in [9.17, 15) is 4.79 Å². The number of aromatic nitrogens is 2. The summed E-state index contributed by atoms with van der Waals surface area (Å²) >= 11 is 1.85. The van der Waals surface area contributed by atoms with Gasteiger partial charge in [0.25, 0.3) is 5.56 Å². The van der Waals surface area contributed by atoms with Gasteiger partial charge >= 0.3 is 0 Å². The third-order valence-corrected chi connectivity index (χ3v) is 5.15. The summed E-state index contributed by atoms with van der Waals surface area (Å²) in [6, 6.07) is 16.1. The smallest absolute Gasteiger partial charge is 0.267 e. The Bertz CT molecular complexity index is 847. The summed E-state index contributed by atoms with van der Waals surface area (Å²) in [4.78, 5) is 13.8. The highest BCUT2D eigenvalue weighted by atomic mass is 32.2. The molecular formula is C17H14N2OS. The van der Waals surface area contributed by atoms with E-state index in [4.69, 9.17) is 0 Å². The summed E-state index contributed by atoms with van der Waals surface area (Å²) in [5.74, 6) is 0. The van der Waals surface area contributed by atoms with Crippen molar-refractivity contribution < 1.29 is 0 Å². The van der Waals surface area contributed by atoms with Gasteiger partial charge in [-0.05, 0) is 24.1 Å². The topological polar surface area (TPSA) is 34.9 Å². The molecule has 2 aromatic carbocycles. The lowest BCUT2D eigenvalue weighted by atomic mass is 10.1. The molecule has 4 rings (SSSR count). The van der Waals surface area contributed by atoms with E-state index < -0.39 is 0 Å². The Hall–Kier alpha value is -2.07. The van der Waals surface area contributed by atoms with Gasteiger partial charge in [0, 0.05) is 15.5 Å². The Balaban J connectivity index is 1.64. The van der Waals surface area contributed by atoms with Crippen LogP contribution in [-0.2, 0) is 13.0 Å². The molecule has 3 aromatic rings. The lowest BCUT2D eigenvalue weighted by Gasteiger charge is -2.10. The Morgan fingerprint density at radius 3 is 2.86 bits per heavy atom. The molecule has 0 aliphatic carbocycles. The van der Waals surface area contributed by atoms with Crippen LogP contribution in [0.4, 0.5) is 0 Å². The van der Waals surface area contributed by atoms with E-state index in [1.165, 1.54) is 10.5 Å². The van der Waals surface area contributed by atoms with Gasteiger partial charge in [0.15, 0.2) is 0 Å². The van der Waals surface area contributed by atoms with Crippen LogP contribution in [0.1, 0.15) is 5.56 Å². The fourth-order valence-electron chi connectivity index (χ4n) is 2.81. The molecule has 0 fully saturated rings. The SMILES string of the molecule is O=c1c2ccccc2cnn1CC1Cc2ccccc2S1. The maximum Gasteiger partial charge on any atom is 0.274 e. The van der Waals surface area contributed by atoms with Crippen LogP contribution in [0.2, 0.25) is 0 Å². The van der Waals surface area contributed by atoms with Crippen molar-refractivity contribution >= 4 is 22.5 Å².